The number of carbonyl (C=O) groups excluding carboxylic acids is 2. The van der Waals surface area contributed by atoms with E-state index in [-0.39, 0.29) is 28.7 Å². The Morgan fingerprint density at radius 2 is 1.88 bits per heavy atom. The van der Waals surface area contributed by atoms with Gasteiger partial charge in [-0.3, -0.25) is 9.59 Å². The molecule has 0 radical (unpaired) electrons. The predicted octanol–water partition coefficient (Wildman–Crippen LogP) is 3.68. The van der Waals surface area contributed by atoms with E-state index in [0.29, 0.717) is 17.0 Å². The minimum atomic E-state index is -4.07. The van der Waals surface area contributed by atoms with Crippen molar-refractivity contribution in [1.29, 1.82) is 0 Å². The largest absolute Gasteiger partial charge is 0.350 e. The lowest BCUT2D eigenvalue weighted by atomic mass is 10.1. The summed E-state index contributed by atoms with van der Waals surface area (Å²) < 4.78 is 40.4. The number of amides is 2. The van der Waals surface area contributed by atoms with Gasteiger partial charge in [-0.2, -0.15) is 0 Å². The van der Waals surface area contributed by atoms with Crippen molar-refractivity contribution < 1.29 is 22.4 Å². The third-order valence-electron chi connectivity index (χ3n) is 5.15. The molecular weight excluding hydrogens is 469 g/mol. The molecule has 1 aliphatic rings. The second kappa shape index (κ2) is 11.1. The highest BCUT2D eigenvalue weighted by Crippen LogP contribution is 2.34. The van der Waals surface area contributed by atoms with Gasteiger partial charge in [0.25, 0.3) is 5.91 Å². The molecule has 0 spiro atoms. The SMILES string of the molecule is CC.CCC(C)NC(=O)c1cc2c(cc1F)S(=O)(=O)C[C@H](N)C(=O)N2Cc1ccc(Cl)cc1. The Kier molecular flexibility index (Phi) is 8.99. The van der Waals surface area contributed by atoms with Gasteiger partial charge in [-0.1, -0.05) is 44.5 Å². The summed E-state index contributed by atoms with van der Waals surface area (Å²) in [5, 5.41) is 3.15. The van der Waals surface area contributed by atoms with Crippen molar-refractivity contribution in [2.24, 2.45) is 5.73 Å². The molecule has 0 aromatic heterocycles. The van der Waals surface area contributed by atoms with Crippen LogP contribution < -0.4 is 16.0 Å². The zero-order valence-electron chi connectivity index (χ0n) is 19.1. The molecular formula is C23H29ClFN3O4S. The van der Waals surface area contributed by atoms with E-state index in [0.717, 1.165) is 12.1 Å². The minimum Gasteiger partial charge on any atom is -0.350 e. The van der Waals surface area contributed by atoms with Crippen LogP contribution in [0.5, 0.6) is 0 Å². The summed E-state index contributed by atoms with van der Waals surface area (Å²) in [6.45, 7) is 7.60. The number of benzene rings is 2. The number of nitrogens with two attached hydrogens (primary N) is 1. The Morgan fingerprint density at radius 1 is 1.27 bits per heavy atom. The maximum atomic E-state index is 14.8. The number of carbonyl (C=O) groups is 2. The molecule has 180 valence electrons. The van der Waals surface area contributed by atoms with Crippen LogP contribution in [0.1, 0.15) is 50.0 Å². The maximum absolute atomic E-state index is 14.8. The summed E-state index contributed by atoms with van der Waals surface area (Å²) in [6.07, 6.45) is 0.628. The highest BCUT2D eigenvalue weighted by Gasteiger charge is 2.37. The van der Waals surface area contributed by atoms with Crippen LogP contribution in [0.25, 0.3) is 0 Å². The summed E-state index contributed by atoms with van der Waals surface area (Å²) in [6, 6.07) is 6.97. The fourth-order valence-corrected chi connectivity index (χ4v) is 4.92. The van der Waals surface area contributed by atoms with Gasteiger partial charge in [0.05, 0.1) is 34.5 Å². The topological polar surface area (TPSA) is 110 Å². The van der Waals surface area contributed by atoms with Crippen LogP contribution in [0.2, 0.25) is 5.02 Å². The number of halogens is 2. The molecule has 0 aliphatic carbocycles. The molecule has 0 saturated carbocycles. The van der Waals surface area contributed by atoms with Crippen LogP contribution in [0.15, 0.2) is 41.3 Å². The standard InChI is InChI=1S/C21H23ClFN3O4S.C2H6/c1-3-12(2)25-20(27)15-8-18-19(9-16(15)23)31(29,30)11-17(24)21(28)26(18)10-13-4-6-14(22)7-5-13;1-2/h4-9,12,17H,3,10-11,24H2,1-2H3,(H,25,27);1-2H3/t12?,17-;/m0./s1. The number of nitrogens with one attached hydrogen (secondary N) is 1. The minimum absolute atomic E-state index is 0.0235. The summed E-state index contributed by atoms with van der Waals surface area (Å²) >= 11 is 5.91. The van der Waals surface area contributed by atoms with Crippen molar-refractivity contribution in [3.05, 3.63) is 58.4 Å². The molecule has 0 fully saturated rings. The molecule has 2 atom stereocenters. The van der Waals surface area contributed by atoms with E-state index in [9.17, 15) is 22.4 Å². The van der Waals surface area contributed by atoms with Crippen molar-refractivity contribution >= 4 is 38.9 Å². The molecule has 1 aliphatic heterocycles. The first-order chi connectivity index (χ1) is 15.5. The van der Waals surface area contributed by atoms with Crippen LogP contribution in [0, 0.1) is 5.82 Å². The zero-order valence-corrected chi connectivity index (χ0v) is 20.6. The molecule has 7 nitrogen and oxygen atoms in total. The Labute approximate surface area is 199 Å². The number of fused-ring (bicyclic) bond motifs is 1. The van der Waals surface area contributed by atoms with Crippen molar-refractivity contribution in [3.8, 4) is 0 Å². The van der Waals surface area contributed by atoms with Gasteiger partial charge >= 0.3 is 0 Å². The first-order valence-electron chi connectivity index (χ1n) is 10.7. The number of hydrogen-bond donors (Lipinski definition) is 2. The molecule has 3 N–H and O–H groups in total. The van der Waals surface area contributed by atoms with Crippen molar-refractivity contribution in [1.82, 2.24) is 5.32 Å². The number of anilines is 1. The van der Waals surface area contributed by atoms with E-state index >= 15 is 0 Å². The molecule has 2 aromatic carbocycles. The molecule has 2 aromatic rings. The molecule has 33 heavy (non-hydrogen) atoms. The third kappa shape index (κ3) is 6.10. The van der Waals surface area contributed by atoms with E-state index in [1.165, 1.54) is 4.90 Å². The number of nitrogens with zero attached hydrogens (tertiary/aromatic N) is 1. The zero-order chi connectivity index (χ0) is 24.9. The van der Waals surface area contributed by atoms with Crippen LogP contribution >= 0.6 is 11.6 Å². The van der Waals surface area contributed by atoms with Crippen molar-refractivity contribution in [3.63, 3.8) is 0 Å². The lowest BCUT2D eigenvalue weighted by molar-refractivity contribution is -0.119. The molecule has 3 rings (SSSR count). The molecule has 10 heteroatoms. The van der Waals surface area contributed by atoms with E-state index in [1.807, 2.05) is 20.8 Å². The Morgan fingerprint density at radius 3 is 2.45 bits per heavy atom. The quantitative estimate of drug-likeness (QED) is 0.654. The maximum Gasteiger partial charge on any atom is 0.254 e. The lowest BCUT2D eigenvalue weighted by Crippen LogP contribution is -2.45. The van der Waals surface area contributed by atoms with Crippen LogP contribution in [-0.2, 0) is 21.2 Å². The fourth-order valence-electron chi connectivity index (χ4n) is 3.23. The first kappa shape index (κ1) is 26.8. The van der Waals surface area contributed by atoms with Gasteiger partial charge in [-0.25, -0.2) is 12.8 Å². The van der Waals surface area contributed by atoms with Gasteiger partial charge in [0.2, 0.25) is 5.91 Å². The molecule has 0 saturated heterocycles. The Bertz CT molecular complexity index is 1120. The van der Waals surface area contributed by atoms with E-state index in [4.69, 9.17) is 17.3 Å². The second-order valence-electron chi connectivity index (χ2n) is 7.52. The summed E-state index contributed by atoms with van der Waals surface area (Å²) in [4.78, 5) is 26.3. The van der Waals surface area contributed by atoms with Crippen molar-refractivity contribution in [2.45, 2.75) is 57.6 Å². The number of rotatable bonds is 5. The van der Waals surface area contributed by atoms with E-state index in [1.54, 1.807) is 31.2 Å². The predicted molar refractivity (Wildman–Crippen MR) is 128 cm³/mol. The average Bonchev–Trinajstić information content (AvgIpc) is 2.84. The summed E-state index contributed by atoms with van der Waals surface area (Å²) in [7, 11) is -4.07. The molecule has 0 bridgehead atoms. The third-order valence-corrected chi connectivity index (χ3v) is 7.19. The van der Waals surface area contributed by atoms with Gasteiger partial charge in [-0.15, -0.1) is 0 Å². The fraction of sp³-hybridized carbons (Fsp3) is 0.391. The highest BCUT2D eigenvalue weighted by atomic mass is 35.5. The summed E-state index contributed by atoms with van der Waals surface area (Å²) in [5.74, 6) is -2.98. The summed E-state index contributed by atoms with van der Waals surface area (Å²) in [5.41, 5.74) is 6.09. The number of hydrogen-bond acceptors (Lipinski definition) is 5. The van der Waals surface area contributed by atoms with E-state index in [2.05, 4.69) is 5.32 Å². The van der Waals surface area contributed by atoms with E-state index < -0.39 is 39.3 Å². The highest BCUT2D eigenvalue weighted by molar-refractivity contribution is 7.91. The first-order valence-corrected chi connectivity index (χ1v) is 12.7. The van der Waals surface area contributed by atoms with Gasteiger partial charge in [0.15, 0.2) is 9.84 Å². The second-order valence-corrected chi connectivity index (χ2v) is 9.96. The van der Waals surface area contributed by atoms with Crippen LogP contribution in [0.4, 0.5) is 10.1 Å². The molecule has 2 amide bonds. The molecule has 1 heterocycles. The van der Waals surface area contributed by atoms with Crippen LogP contribution in [0.3, 0.4) is 0 Å². The Hall–Kier alpha value is -2.49. The van der Waals surface area contributed by atoms with Gasteiger partial charge < -0.3 is 16.0 Å². The van der Waals surface area contributed by atoms with Crippen molar-refractivity contribution in [2.75, 3.05) is 10.7 Å². The van der Waals surface area contributed by atoms with Gasteiger partial charge in [-0.05, 0) is 43.2 Å². The molecule has 1 unspecified atom stereocenters. The smallest absolute Gasteiger partial charge is 0.254 e. The van der Waals surface area contributed by atoms with Gasteiger partial charge in [0.1, 0.15) is 5.82 Å². The van der Waals surface area contributed by atoms with Gasteiger partial charge in [0, 0.05) is 11.1 Å². The Balaban J connectivity index is 0.00000187. The number of sulfone groups is 1. The van der Waals surface area contributed by atoms with Crippen LogP contribution in [-0.4, -0.2) is 38.1 Å². The normalized spacial score (nSPS) is 17.8. The monoisotopic (exact) mass is 497 g/mol. The average molecular weight is 498 g/mol. The lowest BCUT2D eigenvalue weighted by Gasteiger charge is -2.25.